The molecule has 0 aliphatic heterocycles. The smallest absolute Gasteiger partial charge is 0.412 e. The molecule has 0 aliphatic carbocycles. The van der Waals surface area contributed by atoms with Crippen LogP contribution in [0.2, 0.25) is 0 Å². The zero-order chi connectivity index (χ0) is 16.7. The Morgan fingerprint density at radius 1 is 1.04 bits per heavy atom. The summed E-state index contributed by atoms with van der Waals surface area (Å²) < 4.78 is 10.7. The molecule has 0 bridgehead atoms. The van der Waals surface area contributed by atoms with Crippen molar-refractivity contribution in [3.8, 4) is 5.75 Å². The maximum absolute atomic E-state index is 11.7. The normalized spacial score (nSPS) is 10.0. The number of carbonyl (C=O) groups is 2. The number of benzene rings is 2. The average molecular weight is 378 g/mol. The van der Waals surface area contributed by atoms with Gasteiger partial charge in [-0.2, -0.15) is 0 Å². The van der Waals surface area contributed by atoms with Crippen molar-refractivity contribution in [1.29, 1.82) is 0 Å². The zero-order valence-electron chi connectivity index (χ0n) is 12.5. The monoisotopic (exact) mass is 377 g/mol. The van der Waals surface area contributed by atoms with Gasteiger partial charge < -0.3 is 14.8 Å². The molecule has 6 heteroatoms. The molecular weight excluding hydrogens is 362 g/mol. The van der Waals surface area contributed by atoms with E-state index in [2.05, 4.69) is 26.0 Å². The second kappa shape index (κ2) is 8.33. The number of carbonyl (C=O) groups excluding carboxylic acids is 2. The minimum absolute atomic E-state index is 0.360. The minimum Gasteiger partial charge on any atom is -0.465 e. The molecule has 5 nitrogen and oxygen atoms in total. The number of ether oxygens (including phenoxy) is 2. The molecule has 2 rings (SSSR count). The highest BCUT2D eigenvalue weighted by Crippen LogP contribution is 2.13. The van der Waals surface area contributed by atoms with Crippen LogP contribution in [0, 0.1) is 0 Å². The first-order valence-electron chi connectivity index (χ1n) is 6.97. The molecule has 1 amide bonds. The van der Waals surface area contributed by atoms with E-state index in [1.54, 1.807) is 12.1 Å². The van der Waals surface area contributed by atoms with Gasteiger partial charge in [-0.15, -0.1) is 0 Å². The van der Waals surface area contributed by atoms with Crippen LogP contribution < -0.4 is 10.1 Å². The lowest BCUT2D eigenvalue weighted by molar-refractivity contribution is 0.0600. The van der Waals surface area contributed by atoms with E-state index in [0.29, 0.717) is 24.3 Å². The Kier molecular flexibility index (Phi) is 6.17. The van der Waals surface area contributed by atoms with Crippen LogP contribution in [0.3, 0.4) is 0 Å². The van der Waals surface area contributed by atoms with Crippen molar-refractivity contribution in [3.63, 3.8) is 0 Å². The lowest BCUT2D eigenvalue weighted by Gasteiger charge is -2.07. The predicted molar refractivity (Wildman–Crippen MR) is 89.7 cm³/mol. The molecule has 2 aromatic rings. The summed E-state index contributed by atoms with van der Waals surface area (Å²) in [5.74, 6) is -0.0747. The summed E-state index contributed by atoms with van der Waals surface area (Å²) in [6, 6.07) is 14.0. The summed E-state index contributed by atoms with van der Waals surface area (Å²) in [7, 11) is 1.31. The van der Waals surface area contributed by atoms with Crippen molar-refractivity contribution >= 4 is 28.0 Å². The summed E-state index contributed by atoms with van der Waals surface area (Å²) >= 11 is 3.37. The van der Waals surface area contributed by atoms with E-state index < -0.39 is 12.1 Å². The first-order chi connectivity index (χ1) is 11.1. The number of amides is 1. The Morgan fingerprint density at radius 3 is 2.30 bits per heavy atom. The molecule has 0 saturated carbocycles. The van der Waals surface area contributed by atoms with Crippen LogP contribution in [-0.2, 0) is 11.2 Å². The van der Waals surface area contributed by atoms with Gasteiger partial charge in [-0.3, -0.25) is 0 Å². The van der Waals surface area contributed by atoms with E-state index >= 15 is 0 Å². The first-order valence-corrected chi connectivity index (χ1v) is 7.76. The van der Waals surface area contributed by atoms with E-state index in [9.17, 15) is 9.59 Å². The fourth-order valence-corrected chi connectivity index (χ4v) is 2.14. The lowest BCUT2D eigenvalue weighted by atomic mass is 10.1. The fraction of sp³-hybridized carbons (Fsp3) is 0.176. The van der Waals surface area contributed by atoms with Gasteiger partial charge in [-0.1, -0.05) is 28.1 Å². The van der Waals surface area contributed by atoms with Crippen molar-refractivity contribution < 1.29 is 19.1 Å². The summed E-state index contributed by atoms with van der Waals surface area (Å²) in [6.45, 7) is 0.473. The molecule has 0 atom stereocenters. The topological polar surface area (TPSA) is 64.6 Å². The maximum atomic E-state index is 11.7. The Bertz CT molecular complexity index is 668. The molecular formula is C17H16BrNO4. The highest BCUT2D eigenvalue weighted by Gasteiger charge is 2.07. The van der Waals surface area contributed by atoms with E-state index in [0.717, 1.165) is 10.0 Å². The molecule has 0 aromatic heterocycles. The molecule has 0 heterocycles. The molecule has 1 N–H and O–H groups in total. The molecule has 0 aliphatic rings. The van der Waals surface area contributed by atoms with Crippen molar-refractivity contribution in [2.75, 3.05) is 13.7 Å². The summed E-state index contributed by atoms with van der Waals surface area (Å²) in [5, 5.41) is 2.68. The van der Waals surface area contributed by atoms with E-state index in [4.69, 9.17) is 4.74 Å². The Hall–Kier alpha value is -2.34. The zero-order valence-corrected chi connectivity index (χ0v) is 14.1. The van der Waals surface area contributed by atoms with Crippen LogP contribution >= 0.6 is 15.9 Å². The Balaban J connectivity index is 1.78. The van der Waals surface area contributed by atoms with Gasteiger partial charge >= 0.3 is 12.1 Å². The van der Waals surface area contributed by atoms with Crippen molar-refractivity contribution in [3.05, 3.63) is 64.1 Å². The van der Waals surface area contributed by atoms with Crippen LogP contribution in [0.15, 0.2) is 53.0 Å². The third kappa shape index (κ3) is 5.41. The Morgan fingerprint density at radius 2 is 1.70 bits per heavy atom. The van der Waals surface area contributed by atoms with Crippen LogP contribution in [0.4, 0.5) is 4.79 Å². The second-order valence-electron chi connectivity index (χ2n) is 4.71. The predicted octanol–water partition coefficient (Wildman–Crippen LogP) is 3.57. The molecule has 0 fully saturated rings. The van der Waals surface area contributed by atoms with Gasteiger partial charge in [0.1, 0.15) is 5.75 Å². The number of nitrogens with one attached hydrogen (secondary N) is 1. The first kappa shape index (κ1) is 17.0. The van der Waals surface area contributed by atoms with Gasteiger partial charge in [-0.25, -0.2) is 9.59 Å². The van der Waals surface area contributed by atoms with Crippen LogP contribution in [-0.4, -0.2) is 25.7 Å². The van der Waals surface area contributed by atoms with Crippen LogP contribution in [0.1, 0.15) is 15.9 Å². The molecule has 0 saturated heterocycles. The summed E-state index contributed by atoms with van der Waals surface area (Å²) in [6.07, 6.45) is 0.178. The number of hydrogen-bond acceptors (Lipinski definition) is 4. The quantitative estimate of drug-likeness (QED) is 0.808. The lowest BCUT2D eigenvalue weighted by Crippen LogP contribution is -2.28. The standard InChI is InChI=1S/C17H16BrNO4/c1-22-16(20)13-4-8-15(9-5-13)23-17(21)19-11-10-12-2-6-14(18)7-3-12/h2-9H,10-11H2,1H3,(H,19,21). The van der Waals surface area contributed by atoms with Gasteiger partial charge in [0.2, 0.25) is 0 Å². The van der Waals surface area contributed by atoms with Crippen LogP contribution in [0.25, 0.3) is 0 Å². The highest BCUT2D eigenvalue weighted by molar-refractivity contribution is 9.10. The second-order valence-corrected chi connectivity index (χ2v) is 5.62. The van der Waals surface area contributed by atoms with Crippen molar-refractivity contribution in [2.24, 2.45) is 0 Å². The van der Waals surface area contributed by atoms with Crippen molar-refractivity contribution in [2.45, 2.75) is 6.42 Å². The number of methoxy groups -OCH3 is 1. The van der Waals surface area contributed by atoms with Gasteiger partial charge in [0, 0.05) is 11.0 Å². The van der Waals surface area contributed by atoms with E-state index in [1.807, 2.05) is 24.3 Å². The summed E-state index contributed by atoms with van der Waals surface area (Å²) in [5.41, 5.74) is 1.52. The van der Waals surface area contributed by atoms with Gasteiger partial charge in [0.25, 0.3) is 0 Å². The molecule has 2 aromatic carbocycles. The van der Waals surface area contributed by atoms with Crippen LogP contribution in [0.5, 0.6) is 5.75 Å². The highest BCUT2D eigenvalue weighted by atomic mass is 79.9. The number of halogens is 1. The van der Waals surface area contributed by atoms with Crippen molar-refractivity contribution in [1.82, 2.24) is 5.32 Å². The third-order valence-corrected chi connectivity index (χ3v) is 3.61. The molecule has 0 unspecified atom stereocenters. The third-order valence-electron chi connectivity index (χ3n) is 3.08. The SMILES string of the molecule is COC(=O)c1ccc(OC(=O)NCCc2ccc(Br)cc2)cc1. The largest absolute Gasteiger partial charge is 0.465 e. The molecule has 0 radical (unpaired) electrons. The van der Waals surface area contributed by atoms with E-state index in [-0.39, 0.29) is 0 Å². The van der Waals surface area contributed by atoms with E-state index in [1.165, 1.54) is 19.2 Å². The number of rotatable bonds is 5. The number of hydrogen-bond donors (Lipinski definition) is 1. The average Bonchev–Trinajstić information content (AvgIpc) is 2.56. The number of esters is 1. The Labute approximate surface area is 142 Å². The van der Waals surface area contributed by atoms with Gasteiger partial charge in [-0.05, 0) is 48.4 Å². The molecule has 0 spiro atoms. The maximum Gasteiger partial charge on any atom is 0.412 e. The minimum atomic E-state index is -0.534. The summed E-state index contributed by atoms with van der Waals surface area (Å²) in [4.78, 5) is 23.0. The van der Waals surface area contributed by atoms with Gasteiger partial charge in [0.15, 0.2) is 0 Å². The van der Waals surface area contributed by atoms with Gasteiger partial charge in [0.05, 0.1) is 12.7 Å². The molecule has 120 valence electrons. The fourth-order valence-electron chi connectivity index (χ4n) is 1.88. The molecule has 23 heavy (non-hydrogen) atoms.